The van der Waals surface area contributed by atoms with Crippen molar-refractivity contribution in [1.82, 2.24) is 9.88 Å². The Morgan fingerprint density at radius 3 is 2.80 bits per heavy atom. The van der Waals surface area contributed by atoms with Crippen LogP contribution in [0.3, 0.4) is 0 Å². The minimum absolute atomic E-state index is 0.0152. The number of likely N-dealkylation sites (N-methyl/N-ethyl adjacent to an activating group) is 1. The van der Waals surface area contributed by atoms with E-state index in [1.165, 1.54) is 0 Å². The average Bonchev–Trinajstić information content (AvgIpc) is 2.89. The first-order valence-corrected chi connectivity index (χ1v) is 7.74. The van der Waals surface area contributed by atoms with Crippen LogP contribution in [0.4, 0.5) is 0 Å². The van der Waals surface area contributed by atoms with Crippen LogP contribution < -0.4 is 5.73 Å². The zero-order chi connectivity index (χ0) is 14.7. The molecule has 0 aliphatic heterocycles. The van der Waals surface area contributed by atoms with Crippen LogP contribution >= 0.6 is 11.3 Å². The summed E-state index contributed by atoms with van der Waals surface area (Å²) < 4.78 is 1.15. The number of carbonyl (C=O) groups excluding carboxylic acids is 1. The molecule has 1 heterocycles. The number of fused-ring (bicyclic) bond motifs is 1. The first-order valence-electron chi connectivity index (χ1n) is 6.92. The van der Waals surface area contributed by atoms with Crippen LogP contribution in [0.1, 0.15) is 37.7 Å². The fraction of sp³-hybridized carbons (Fsp3) is 0.467. The Bertz CT molecular complexity index is 563. The quantitative estimate of drug-likeness (QED) is 0.921. The number of rotatable bonds is 5. The van der Waals surface area contributed by atoms with Crippen molar-refractivity contribution in [3.63, 3.8) is 0 Å². The van der Waals surface area contributed by atoms with Crippen molar-refractivity contribution in [3.05, 3.63) is 29.3 Å². The van der Waals surface area contributed by atoms with E-state index in [0.717, 1.165) is 28.1 Å². The fourth-order valence-electron chi connectivity index (χ4n) is 2.12. The molecular formula is C15H21N3OS. The largest absolute Gasteiger partial charge is 0.335 e. The van der Waals surface area contributed by atoms with Gasteiger partial charge in [-0.1, -0.05) is 25.5 Å². The predicted octanol–water partition coefficient (Wildman–Crippen LogP) is 2.94. The number of nitrogens with zero attached hydrogens (tertiary/aromatic N) is 2. The number of amides is 1. The zero-order valence-electron chi connectivity index (χ0n) is 12.2. The molecular weight excluding hydrogens is 270 g/mol. The highest BCUT2D eigenvalue weighted by Crippen LogP contribution is 2.29. The van der Waals surface area contributed by atoms with E-state index in [0.29, 0.717) is 0 Å². The van der Waals surface area contributed by atoms with Gasteiger partial charge in [-0.2, -0.15) is 0 Å². The van der Waals surface area contributed by atoms with Crippen molar-refractivity contribution in [3.8, 4) is 0 Å². The average molecular weight is 291 g/mol. The van der Waals surface area contributed by atoms with Crippen LogP contribution in [0, 0.1) is 0 Å². The Hall–Kier alpha value is -1.46. The van der Waals surface area contributed by atoms with Crippen molar-refractivity contribution in [2.24, 2.45) is 5.73 Å². The van der Waals surface area contributed by atoms with Crippen molar-refractivity contribution < 1.29 is 4.79 Å². The number of hydrogen-bond acceptors (Lipinski definition) is 4. The number of hydrogen-bond donors (Lipinski definition) is 1. The Morgan fingerprint density at radius 1 is 1.45 bits per heavy atom. The normalized spacial score (nSPS) is 14.2. The fourth-order valence-corrected chi connectivity index (χ4v) is 3.18. The van der Waals surface area contributed by atoms with Gasteiger partial charge in [0.05, 0.1) is 22.3 Å². The van der Waals surface area contributed by atoms with E-state index in [9.17, 15) is 4.79 Å². The number of carbonyl (C=O) groups is 1. The standard InChI is InChI=1S/C15H21N3OS/c1-4-7-11(16)15(19)18(3)10(2)14-17-12-8-5-6-9-13(12)20-14/h5-6,8-11H,4,7,16H2,1-3H3. The molecule has 1 aromatic carbocycles. The van der Waals surface area contributed by atoms with Crippen molar-refractivity contribution in [1.29, 1.82) is 0 Å². The van der Waals surface area contributed by atoms with Gasteiger partial charge in [-0.05, 0) is 25.5 Å². The molecule has 0 spiro atoms. The van der Waals surface area contributed by atoms with Crippen LogP contribution in [0.15, 0.2) is 24.3 Å². The smallest absolute Gasteiger partial charge is 0.239 e. The monoisotopic (exact) mass is 291 g/mol. The maximum atomic E-state index is 12.2. The molecule has 1 aromatic heterocycles. The Labute approximate surface area is 123 Å². The molecule has 2 atom stereocenters. The van der Waals surface area contributed by atoms with E-state index >= 15 is 0 Å². The highest BCUT2D eigenvalue weighted by molar-refractivity contribution is 7.18. The highest BCUT2D eigenvalue weighted by atomic mass is 32.1. The molecule has 2 unspecified atom stereocenters. The number of nitrogens with two attached hydrogens (primary N) is 1. The molecule has 5 heteroatoms. The van der Waals surface area contributed by atoms with Gasteiger partial charge >= 0.3 is 0 Å². The van der Waals surface area contributed by atoms with E-state index < -0.39 is 6.04 Å². The van der Waals surface area contributed by atoms with Crippen molar-refractivity contribution in [2.75, 3.05) is 7.05 Å². The second kappa shape index (κ2) is 6.33. The topological polar surface area (TPSA) is 59.2 Å². The summed E-state index contributed by atoms with van der Waals surface area (Å²) >= 11 is 1.63. The van der Waals surface area contributed by atoms with Crippen LogP contribution in [0.5, 0.6) is 0 Å². The third-order valence-electron chi connectivity index (χ3n) is 3.51. The number of para-hydroxylation sites is 1. The number of benzene rings is 1. The molecule has 2 rings (SSSR count). The molecule has 0 aliphatic carbocycles. The molecule has 0 bridgehead atoms. The third-order valence-corrected chi connectivity index (χ3v) is 4.72. The molecule has 20 heavy (non-hydrogen) atoms. The minimum atomic E-state index is -0.415. The van der Waals surface area contributed by atoms with E-state index in [1.807, 2.05) is 38.1 Å². The lowest BCUT2D eigenvalue weighted by molar-refractivity contribution is -0.133. The van der Waals surface area contributed by atoms with Gasteiger partial charge in [-0.25, -0.2) is 4.98 Å². The Kier molecular flexibility index (Phi) is 4.73. The summed E-state index contributed by atoms with van der Waals surface area (Å²) in [5, 5.41) is 0.950. The molecule has 2 aromatic rings. The van der Waals surface area contributed by atoms with Crippen LogP contribution in [0.2, 0.25) is 0 Å². The third kappa shape index (κ3) is 2.99. The molecule has 0 saturated heterocycles. The van der Waals surface area contributed by atoms with Gasteiger partial charge in [0.2, 0.25) is 5.91 Å². The molecule has 108 valence electrons. The summed E-state index contributed by atoms with van der Waals surface area (Å²) in [6.45, 7) is 4.03. The van der Waals surface area contributed by atoms with Crippen LogP contribution in [-0.2, 0) is 4.79 Å². The second-order valence-corrected chi connectivity index (χ2v) is 6.10. The SMILES string of the molecule is CCCC(N)C(=O)N(C)C(C)c1nc2ccccc2s1. The zero-order valence-corrected chi connectivity index (χ0v) is 13.0. The molecule has 0 aliphatic rings. The van der Waals surface area contributed by atoms with Gasteiger partial charge in [0.1, 0.15) is 5.01 Å². The van der Waals surface area contributed by atoms with E-state index in [4.69, 9.17) is 5.73 Å². The van der Waals surface area contributed by atoms with Gasteiger partial charge in [0.25, 0.3) is 0 Å². The lowest BCUT2D eigenvalue weighted by Crippen LogP contribution is -2.42. The van der Waals surface area contributed by atoms with Gasteiger partial charge < -0.3 is 10.6 Å². The summed E-state index contributed by atoms with van der Waals surface area (Å²) in [6, 6.07) is 7.55. The van der Waals surface area contributed by atoms with E-state index in [2.05, 4.69) is 4.98 Å². The number of thiazole rings is 1. The first kappa shape index (κ1) is 14.9. The van der Waals surface area contributed by atoms with Gasteiger partial charge in [0, 0.05) is 7.05 Å². The lowest BCUT2D eigenvalue weighted by atomic mass is 10.1. The molecule has 0 saturated carbocycles. The minimum Gasteiger partial charge on any atom is -0.335 e. The molecule has 4 nitrogen and oxygen atoms in total. The summed E-state index contributed by atoms with van der Waals surface area (Å²) in [7, 11) is 1.80. The van der Waals surface area contributed by atoms with E-state index in [-0.39, 0.29) is 11.9 Å². The lowest BCUT2D eigenvalue weighted by Gasteiger charge is -2.26. The van der Waals surface area contributed by atoms with Gasteiger partial charge in [-0.15, -0.1) is 11.3 Å². The maximum absolute atomic E-state index is 12.2. The van der Waals surface area contributed by atoms with E-state index in [1.54, 1.807) is 23.3 Å². The summed E-state index contributed by atoms with van der Waals surface area (Å²) in [6.07, 6.45) is 1.63. The van der Waals surface area contributed by atoms with Crippen molar-refractivity contribution in [2.45, 2.75) is 38.8 Å². The highest BCUT2D eigenvalue weighted by Gasteiger charge is 2.24. The molecule has 0 fully saturated rings. The molecule has 1 amide bonds. The van der Waals surface area contributed by atoms with Crippen molar-refractivity contribution >= 4 is 27.5 Å². The second-order valence-electron chi connectivity index (χ2n) is 5.04. The maximum Gasteiger partial charge on any atom is 0.239 e. The molecule has 0 radical (unpaired) electrons. The number of aromatic nitrogens is 1. The van der Waals surface area contributed by atoms with Crippen LogP contribution in [-0.4, -0.2) is 28.9 Å². The Morgan fingerprint density at radius 2 is 2.15 bits per heavy atom. The Balaban J connectivity index is 2.17. The first-order chi connectivity index (χ1) is 9.54. The van der Waals surface area contributed by atoms with Crippen LogP contribution in [0.25, 0.3) is 10.2 Å². The van der Waals surface area contributed by atoms with Gasteiger partial charge in [-0.3, -0.25) is 4.79 Å². The predicted molar refractivity (Wildman–Crippen MR) is 83.7 cm³/mol. The summed E-state index contributed by atoms with van der Waals surface area (Å²) in [5.74, 6) is -0.0152. The summed E-state index contributed by atoms with van der Waals surface area (Å²) in [4.78, 5) is 18.6. The summed E-state index contributed by atoms with van der Waals surface area (Å²) in [5.41, 5.74) is 6.90. The molecule has 2 N–H and O–H groups in total. The van der Waals surface area contributed by atoms with Gasteiger partial charge in [0.15, 0.2) is 0 Å².